The van der Waals surface area contributed by atoms with Gasteiger partial charge < -0.3 is 10.2 Å². The van der Waals surface area contributed by atoms with Crippen LogP contribution < -0.4 is 5.32 Å². The molecule has 0 radical (unpaired) electrons. The summed E-state index contributed by atoms with van der Waals surface area (Å²) in [5, 5.41) is 3.58. The number of rotatable bonds is 1. The lowest BCUT2D eigenvalue weighted by molar-refractivity contribution is 0.170. The summed E-state index contributed by atoms with van der Waals surface area (Å²) in [6, 6.07) is 11.1. The van der Waals surface area contributed by atoms with Gasteiger partial charge in [0.1, 0.15) is 0 Å². The molecule has 2 nitrogen and oxygen atoms in total. The van der Waals surface area contributed by atoms with Crippen LogP contribution in [0.2, 0.25) is 0 Å². The zero-order valence-electron chi connectivity index (χ0n) is 10.7. The third kappa shape index (κ3) is 2.00. The molecule has 0 aliphatic carbocycles. The Morgan fingerprint density at radius 1 is 1.24 bits per heavy atom. The predicted molar refractivity (Wildman–Crippen MR) is 71.2 cm³/mol. The van der Waals surface area contributed by atoms with Crippen LogP contribution in [0.1, 0.15) is 24.3 Å². The molecule has 2 atom stereocenters. The molecule has 3 rings (SSSR count). The number of nitrogens with zero attached hydrogens (tertiary/aromatic N) is 1. The maximum absolute atomic E-state index is 3.58. The summed E-state index contributed by atoms with van der Waals surface area (Å²) in [6.07, 6.45) is 2.70. The van der Waals surface area contributed by atoms with E-state index in [1.54, 1.807) is 0 Å². The molecular formula is C15H22N2. The number of hydrogen-bond donors (Lipinski definition) is 1. The highest BCUT2D eigenvalue weighted by Gasteiger charge is 2.45. The zero-order valence-corrected chi connectivity index (χ0v) is 10.7. The Morgan fingerprint density at radius 3 is 2.76 bits per heavy atom. The fraction of sp³-hybridized carbons (Fsp3) is 0.600. The average Bonchev–Trinajstić information content (AvgIpc) is 2.73. The van der Waals surface area contributed by atoms with Gasteiger partial charge >= 0.3 is 0 Å². The van der Waals surface area contributed by atoms with Gasteiger partial charge in [-0.1, -0.05) is 30.3 Å². The molecule has 1 spiro atoms. The quantitative estimate of drug-likeness (QED) is 0.794. The lowest BCUT2D eigenvalue weighted by Crippen LogP contribution is -2.45. The molecule has 2 heterocycles. The Balaban J connectivity index is 1.91. The van der Waals surface area contributed by atoms with Gasteiger partial charge in [-0.25, -0.2) is 0 Å². The van der Waals surface area contributed by atoms with Crippen molar-refractivity contribution in [3.05, 3.63) is 35.9 Å². The summed E-state index contributed by atoms with van der Waals surface area (Å²) in [4.78, 5) is 2.50. The highest BCUT2D eigenvalue weighted by Crippen LogP contribution is 2.47. The Labute approximate surface area is 104 Å². The van der Waals surface area contributed by atoms with E-state index in [0.29, 0.717) is 11.3 Å². The van der Waals surface area contributed by atoms with Crippen LogP contribution in [0.5, 0.6) is 0 Å². The molecule has 1 aromatic carbocycles. The second-order valence-electron chi connectivity index (χ2n) is 5.77. The van der Waals surface area contributed by atoms with Crippen molar-refractivity contribution >= 4 is 0 Å². The Hall–Kier alpha value is -0.860. The molecular weight excluding hydrogens is 208 g/mol. The van der Waals surface area contributed by atoms with E-state index in [1.807, 2.05) is 0 Å². The van der Waals surface area contributed by atoms with Gasteiger partial charge in [0.2, 0.25) is 0 Å². The molecule has 2 saturated heterocycles. The monoisotopic (exact) mass is 230 g/mol. The second-order valence-corrected chi connectivity index (χ2v) is 5.77. The molecule has 0 aromatic heterocycles. The van der Waals surface area contributed by atoms with Crippen molar-refractivity contribution < 1.29 is 0 Å². The minimum Gasteiger partial charge on any atom is -0.316 e. The standard InChI is InChI=1S/C15H22N2/c1-17-10-8-15(12-17)7-9-16-11-14(15)13-5-3-2-4-6-13/h2-6,14,16H,7-12H2,1H3. The third-order valence-electron chi connectivity index (χ3n) is 4.67. The van der Waals surface area contributed by atoms with Crippen molar-refractivity contribution in [2.24, 2.45) is 5.41 Å². The van der Waals surface area contributed by atoms with Crippen molar-refractivity contribution in [1.29, 1.82) is 0 Å². The third-order valence-corrected chi connectivity index (χ3v) is 4.67. The van der Waals surface area contributed by atoms with Crippen molar-refractivity contribution in [1.82, 2.24) is 10.2 Å². The number of benzene rings is 1. The van der Waals surface area contributed by atoms with E-state index < -0.39 is 0 Å². The van der Waals surface area contributed by atoms with Crippen LogP contribution in [0, 0.1) is 5.41 Å². The van der Waals surface area contributed by atoms with E-state index in [-0.39, 0.29) is 0 Å². The van der Waals surface area contributed by atoms with Crippen LogP contribution in [0.25, 0.3) is 0 Å². The lowest BCUT2D eigenvalue weighted by atomic mass is 9.67. The van der Waals surface area contributed by atoms with Gasteiger partial charge in [-0.05, 0) is 44.0 Å². The Morgan fingerprint density at radius 2 is 2.06 bits per heavy atom. The lowest BCUT2D eigenvalue weighted by Gasteiger charge is -2.42. The van der Waals surface area contributed by atoms with E-state index in [1.165, 1.54) is 38.0 Å². The van der Waals surface area contributed by atoms with Crippen molar-refractivity contribution in [2.45, 2.75) is 18.8 Å². The number of nitrogens with one attached hydrogen (secondary N) is 1. The van der Waals surface area contributed by atoms with Gasteiger partial charge in [0.25, 0.3) is 0 Å². The van der Waals surface area contributed by atoms with Crippen LogP contribution in [0.15, 0.2) is 30.3 Å². The molecule has 0 bridgehead atoms. The fourth-order valence-corrected chi connectivity index (χ4v) is 3.73. The van der Waals surface area contributed by atoms with Gasteiger partial charge in [0.05, 0.1) is 0 Å². The molecule has 1 aromatic rings. The molecule has 2 aliphatic rings. The largest absolute Gasteiger partial charge is 0.316 e. The number of hydrogen-bond acceptors (Lipinski definition) is 2. The molecule has 2 unspecified atom stereocenters. The van der Waals surface area contributed by atoms with Crippen LogP contribution in [-0.2, 0) is 0 Å². The highest BCUT2D eigenvalue weighted by molar-refractivity contribution is 5.24. The fourth-order valence-electron chi connectivity index (χ4n) is 3.73. The summed E-state index contributed by atoms with van der Waals surface area (Å²) < 4.78 is 0. The SMILES string of the molecule is CN1CCC2(CCNCC2c2ccccc2)C1. The number of likely N-dealkylation sites (tertiary alicyclic amines) is 1. The first kappa shape index (κ1) is 11.2. The topological polar surface area (TPSA) is 15.3 Å². The minimum absolute atomic E-state index is 0.529. The second kappa shape index (κ2) is 4.43. The summed E-state index contributed by atoms with van der Waals surface area (Å²) in [7, 11) is 2.26. The average molecular weight is 230 g/mol. The van der Waals surface area contributed by atoms with E-state index in [4.69, 9.17) is 0 Å². The Bertz CT molecular complexity index is 372. The first-order valence-corrected chi connectivity index (χ1v) is 6.74. The van der Waals surface area contributed by atoms with Crippen molar-refractivity contribution in [2.75, 3.05) is 33.2 Å². The van der Waals surface area contributed by atoms with Crippen LogP contribution >= 0.6 is 0 Å². The molecule has 92 valence electrons. The summed E-state index contributed by atoms with van der Waals surface area (Å²) in [6.45, 7) is 4.88. The van der Waals surface area contributed by atoms with Crippen LogP contribution in [-0.4, -0.2) is 38.1 Å². The summed E-state index contributed by atoms with van der Waals surface area (Å²) in [5.41, 5.74) is 2.05. The normalized spacial score (nSPS) is 34.3. The molecule has 2 aliphatic heterocycles. The van der Waals surface area contributed by atoms with Crippen LogP contribution in [0.3, 0.4) is 0 Å². The molecule has 0 saturated carbocycles. The first-order valence-electron chi connectivity index (χ1n) is 6.74. The first-order chi connectivity index (χ1) is 8.30. The van der Waals surface area contributed by atoms with E-state index in [2.05, 4.69) is 47.6 Å². The van der Waals surface area contributed by atoms with Crippen molar-refractivity contribution in [3.8, 4) is 0 Å². The minimum atomic E-state index is 0.529. The Kier molecular flexibility index (Phi) is 2.93. The van der Waals surface area contributed by atoms with E-state index in [0.717, 1.165) is 6.54 Å². The molecule has 2 heteroatoms. The highest BCUT2D eigenvalue weighted by atomic mass is 15.1. The van der Waals surface area contributed by atoms with E-state index in [9.17, 15) is 0 Å². The van der Waals surface area contributed by atoms with Gasteiger partial charge in [0, 0.05) is 19.0 Å². The maximum atomic E-state index is 3.58. The maximum Gasteiger partial charge on any atom is 0.00422 e. The molecule has 2 fully saturated rings. The van der Waals surface area contributed by atoms with E-state index >= 15 is 0 Å². The molecule has 0 amide bonds. The summed E-state index contributed by atoms with van der Waals surface area (Å²) >= 11 is 0. The van der Waals surface area contributed by atoms with Gasteiger partial charge in [-0.2, -0.15) is 0 Å². The smallest absolute Gasteiger partial charge is 0.00422 e. The van der Waals surface area contributed by atoms with Gasteiger partial charge in [0.15, 0.2) is 0 Å². The molecule has 17 heavy (non-hydrogen) atoms. The number of piperidine rings is 1. The van der Waals surface area contributed by atoms with Crippen LogP contribution in [0.4, 0.5) is 0 Å². The van der Waals surface area contributed by atoms with Gasteiger partial charge in [-0.3, -0.25) is 0 Å². The summed E-state index contributed by atoms with van der Waals surface area (Å²) in [5.74, 6) is 0.697. The zero-order chi connectivity index (χ0) is 11.7. The van der Waals surface area contributed by atoms with Gasteiger partial charge in [-0.15, -0.1) is 0 Å². The predicted octanol–water partition coefficient (Wildman–Crippen LogP) is 2.09. The van der Waals surface area contributed by atoms with Crippen molar-refractivity contribution in [3.63, 3.8) is 0 Å². The molecule has 1 N–H and O–H groups in total.